The van der Waals surface area contributed by atoms with Gasteiger partial charge in [-0.15, -0.1) is 11.3 Å². The number of hydrogen-bond donors (Lipinski definition) is 2. The minimum atomic E-state index is -0.209. The van der Waals surface area contributed by atoms with Gasteiger partial charge in [0.1, 0.15) is 0 Å². The molecule has 0 atom stereocenters. The fourth-order valence-electron chi connectivity index (χ4n) is 2.81. The molecule has 28 heavy (non-hydrogen) atoms. The van der Waals surface area contributed by atoms with E-state index in [4.69, 9.17) is 0 Å². The summed E-state index contributed by atoms with van der Waals surface area (Å²) in [5.41, 5.74) is 2.12. The van der Waals surface area contributed by atoms with Crippen LogP contribution in [-0.4, -0.2) is 32.0 Å². The highest BCUT2D eigenvalue weighted by molar-refractivity contribution is 7.12. The van der Waals surface area contributed by atoms with Gasteiger partial charge in [-0.25, -0.2) is 0 Å². The largest absolute Gasteiger partial charge is 0.375 e. The molecule has 0 radical (unpaired) electrons. The lowest BCUT2D eigenvalue weighted by Crippen LogP contribution is -2.29. The molecule has 0 saturated carbocycles. The van der Waals surface area contributed by atoms with E-state index in [1.807, 2.05) is 36.7 Å². The number of carbonyl (C=O) groups is 2. The van der Waals surface area contributed by atoms with Crippen molar-refractivity contribution < 1.29 is 9.59 Å². The molecule has 3 rings (SSSR count). The molecule has 6 heteroatoms. The molecule has 0 fully saturated rings. The van der Waals surface area contributed by atoms with E-state index in [2.05, 4.69) is 27.7 Å². The molecule has 0 aliphatic heterocycles. The van der Waals surface area contributed by atoms with Gasteiger partial charge in [0, 0.05) is 25.8 Å². The van der Waals surface area contributed by atoms with Gasteiger partial charge in [-0.1, -0.05) is 36.4 Å². The first kappa shape index (κ1) is 19.6. The molecule has 0 unspecified atom stereocenters. The number of hydrogen-bond acceptors (Lipinski definition) is 4. The van der Waals surface area contributed by atoms with Crippen LogP contribution in [0, 0.1) is 0 Å². The molecular weight excluding hydrogens is 370 g/mol. The van der Waals surface area contributed by atoms with Crippen LogP contribution in [0.15, 0.2) is 72.1 Å². The molecule has 3 aromatic rings. The summed E-state index contributed by atoms with van der Waals surface area (Å²) in [7, 11) is 2.03. The monoisotopic (exact) mass is 393 g/mol. The van der Waals surface area contributed by atoms with Crippen molar-refractivity contribution >= 4 is 34.5 Å². The minimum Gasteiger partial charge on any atom is -0.375 e. The number of nitrogens with one attached hydrogen (secondary N) is 2. The molecule has 2 aromatic carbocycles. The van der Waals surface area contributed by atoms with Crippen LogP contribution >= 0.6 is 11.3 Å². The topological polar surface area (TPSA) is 61.4 Å². The summed E-state index contributed by atoms with van der Waals surface area (Å²) in [6.45, 7) is 1.39. The molecular formula is C22H23N3O2S. The fraction of sp³-hybridized carbons (Fsp3) is 0.182. The Bertz CT molecular complexity index is 911. The van der Waals surface area contributed by atoms with Gasteiger partial charge in [0.2, 0.25) is 0 Å². The van der Waals surface area contributed by atoms with E-state index >= 15 is 0 Å². The number of para-hydroxylation sites is 2. The highest BCUT2D eigenvalue weighted by atomic mass is 32.1. The second-order valence-electron chi connectivity index (χ2n) is 6.34. The van der Waals surface area contributed by atoms with Gasteiger partial charge in [0.25, 0.3) is 11.8 Å². The molecule has 0 spiro atoms. The van der Waals surface area contributed by atoms with E-state index in [0.717, 1.165) is 18.7 Å². The SMILES string of the molecule is CN(CCCNC(=O)c1ccccc1NC(=O)c1cccs1)c1ccccc1. The molecule has 144 valence electrons. The quantitative estimate of drug-likeness (QED) is 0.562. The summed E-state index contributed by atoms with van der Waals surface area (Å²) in [4.78, 5) is 27.6. The number of anilines is 2. The smallest absolute Gasteiger partial charge is 0.265 e. The summed E-state index contributed by atoms with van der Waals surface area (Å²) in [6.07, 6.45) is 0.820. The Morgan fingerprint density at radius 3 is 2.43 bits per heavy atom. The van der Waals surface area contributed by atoms with Gasteiger partial charge in [0.15, 0.2) is 0 Å². The first-order valence-corrected chi connectivity index (χ1v) is 10.0. The van der Waals surface area contributed by atoms with Crippen LogP contribution in [0.3, 0.4) is 0 Å². The van der Waals surface area contributed by atoms with Crippen LogP contribution in [0.25, 0.3) is 0 Å². The van der Waals surface area contributed by atoms with Gasteiger partial charge < -0.3 is 15.5 Å². The second-order valence-corrected chi connectivity index (χ2v) is 7.29. The molecule has 0 saturated heterocycles. The van der Waals surface area contributed by atoms with E-state index in [-0.39, 0.29) is 11.8 Å². The number of thiophene rings is 1. The van der Waals surface area contributed by atoms with E-state index in [9.17, 15) is 9.59 Å². The van der Waals surface area contributed by atoms with E-state index in [1.54, 1.807) is 30.3 Å². The van der Waals surface area contributed by atoms with Crippen LogP contribution in [0.5, 0.6) is 0 Å². The maximum atomic E-state index is 12.6. The van der Waals surface area contributed by atoms with Gasteiger partial charge in [-0.3, -0.25) is 9.59 Å². The zero-order chi connectivity index (χ0) is 19.8. The lowest BCUT2D eigenvalue weighted by molar-refractivity contribution is 0.0954. The number of rotatable bonds is 8. The van der Waals surface area contributed by atoms with Crippen molar-refractivity contribution in [1.82, 2.24) is 5.32 Å². The summed E-state index contributed by atoms with van der Waals surface area (Å²) >= 11 is 1.36. The van der Waals surface area contributed by atoms with E-state index in [1.165, 1.54) is 11.3 Å². The maximum absolute atomic E-state index is 12.6. The van der Waals surface area contributed by atoms with E-state index < -0.39 is 0 Å². The number of carbonyl (C=O) groups excluding carboxylic acids is 2. The van der Waals surface area contributed by atoms with Gasteiger partial charge >= 0.3 is 0 Å². The number of benzene rings is 2. The standard InChI is InChI=1S/C22H23N3O2S/c1-25(17-9-3-2-4-10-17)15-8-14-23-21(26)18-11-5-6-12-19(18)24-22(27)20-13-7-16-28-20/h2-7,9-13,16H,8,14-15H2,1H3,(H,23,26)(H,24,27). The van der Waals surface area contributed by atoms with Crippen LogP contribution in [0.2, 0.25) is 0 Å². The van der Waals surface area contributed by atoms with Crippen molar-refractivity contribution in [2.45, 2.75) is 6.42 Å². The van der Waals surface area contributed by atoms with Crippen LogP contribution in [-0.2, 0) is 0 Å². The highest BCUT2D eigenvalue weighted by Gasteiger charge is 2.14. The lowest BCUT2D eigenvalue weighted by atomic mass is 10.1. The Hall–Kier alpha value is -3.12. The average molecular weight is 394 g/mol. The molecule has 0 aliphatic rings. The van der Waals surface area contributed by atoms with Gasteiger partial charge in [0.05, 0.1) is 16.1 Å². The first-order chi connectivity index (χ1) is 13.6. The summed E-state index contributed by atoms with van der Waals surface area (Å²) < 4.78 is 0. The Morgan fingerprint density at radius 1 is 0.929 bits per heavy atom. The zero-order valence-corrected chi connectivity index (χ0v) is 16.5. The predicted octanol–water partition coefficient (Wildman–Crippen LogP) is 4.26. The summed E-state index contributed by atoms with van der Waals surface area (Å²) in [6, 6.07) is 20.8. The van der Waals surface area contributed by atoms with Crippen molar-refractivity contribution in [3.63, 3.8) is 0 Å². The Kier molecular flexibility index (Phi) is 6.81. The molecule has 5 nitrogen and oxygen atoms in total. The summed E-state index contributed by atoms with van der Waals surface area (Å²) in [5, 5.41) is 7.61. The number of nitrogens with zero attached hydrogens (tertiary/aromatic N) is 1. The minimum absolute atomic E-state index is 0.190. The van der Waals surface area contributed by atoms with Crippen molar-refractivity contribution in [3.05, 3.63) is 82.6 Å². The Morgan fingerprint density at radius 2 is 1.68 bits per heavy atom. The van der Waals surface area contributed by atoms with Crippen molar-refractivity contribution in [1.29, 1.82) is 0 Å². The molecule has 1 heterocycles. The van der Waals surface area contributed by atoms with Crippen molar-refractivity contribution in [3.8, 4) is 0 Å². The highest BCUT2D eigenvalue weighted by Crippen LogP contribution is 2.18. The van der Waals surface area contributed by atoms with Crippen molar-refractivity contribution in [2.75, 3.05) is 30.4 Å². The van der Waals surface area contributed by atoms with Crippen LogP contribution in [0.4, 0.5) is 11.4 Å². The van der Waals surface area contributed by atoms with Crippen molar-refractivity contribution in [2.24, 2.45) is 0 Å². The first-order valence-electron chi connectivity index (χ1n) is 9.13. The Labute approximate surface area is 169 Å². The average Bonchev–Trinajstić information content (AvgIpc) is 3.27. The predicted molar refractivity (Wildman–Crippen MR) is 115 cm³/mol. The molecule has 1 aromatic heterocycles. The molecule has 0 bridgehead atoms. The molecule has 2 amide bonds. The molecule has 2 N–H and O–H groups in total. The van der Waals surface area contributed by atoms with Gasteiger partial charge in [-0.05, 0) is 42.1 Å². The van der Waals surface area contributed by atoms with Crippen LogP contribution < -0.4 is 15.5 Å². The maximum Gasteiger partial charge on any atom is 0.265 e. The second kappa shape index (κ2) is 9.71. The van der Waals surface area contributed by atoms with E-state index in [0.29, 0.717) is 22.7 Å². The lowest BCUT2D eigenvalue weighted by Gasteiger charge is -2.19. The third kappa shape index (κ3) is 5.20. The molecule has 0 aliphatic carbocycles. The fourth-order valence-corrected chi connectivity index (χ4v) is 3.43. The third-order valence-electron chi connectivity index (χ3n) is 4.32. The van der Waals surface area contributed by atoms with Gasteiger partial charge in [-0.2, -0.15) is 0 Å². The number of amides is 2. The summed E-state index contributed by atoms with van der Waals surface area (Å²) in [5.74, 6) is -0.399. The third-order valence-corrected chi connectivity index (χ3v) is 5.19. The normalized spacial score (nSPS) is 10.3. The Balaban J connectivity index is 1.52. The zero-order valence-electron chi connectivity index (χ0n) is 15.7. The van der Waals surface area contributed by atoms with Crippen LogP contribution in [0.1, 0.15) is 26.5 Å².